The van der Waals surface area contributed by atoms with Crippen molar-refractivity contribution in [3.05, 3.63) is 0 Å². The van der Waals surface area contributed by atoms with Gasteiger partial charge in [-0.1, -0.05) is 33.6 Å². The third-order valence-corrected chi connectivity index (χ3v) is 6.86. The molecule has 2 rings (SSSR count). The zero-order chi connectivity index (χ0) is 15.1. The van der Waals surface area contributed by atoms with Crippen LogP contribution in [0.5, 0.6) is 0 Å². The zero-order valence-electron chi connectivity index (χ0n) is 14.3. The minimum Gasteiger partial charge on any atom is -0.375 e. The van der Waals surface area contributed by atoms with Crippen LogP contribution in [0.3, 0.4) is 0 Å². The Bertz CT molecular complexity index is 291. The highest BCUT2D eigenvalue weighted by molar-refractivity contribution is 7.99. The van der Waals surface area contributed by atoms with Gasteiger partial charge in [0.05, 0.1) is 5.60 Å². The first-order valence-electron chi connectivity index (χ1n) is 9.18. The summed E-state index contributed by atoms with van der Waals surface area (Å²) >= 11 is 2.16. The second-order valence-electron chi connectivity index (χ2n) is 7.10. The Morgan fingerprint density at radius 2 is 2.05 bits per heavy atom. The predicted molar refractivity (Wildman–Crippen MR) is 94.2 cm³/mol. The van der Waals surface area contributed by atoms with E-state index in [4.69, 9.17) is 4.74 Å². The number of hydrogen-bond donors (Lipinski definition) is 1. The molecule has 0 aromatic heterocycles. The third-order valence-electron chi connectivity index (χ3n) is 5.41. The van der Waals surface area contributed by atoms with Gasteiger partial charge in [-0.15, -0.1) is 0 Å². The van der Waals surface area contributed by atoms with E-state index in [1.54, 1.807) is 0 Å². The smallest absolute Gasteiger partial charge is 0.0685 e. The standard InChI is InChI=1S/C18H35NOS/c1-4-11-19-17(14-21-15(3)5-2)16-8-12-20-18(13-16)9-6-7-10-18/h15-17,19H,4-14H2,1-3H3. The van der Waals surface area contributed by atoms with Crippen molar-refractivity contribution in [1.82, 2.24) is 5.32 Å². The largest absolute Gasteiger partial charge is 0.375 e. The molecular formula is C18H35NOS. The molecule has 1 heterocycles. The van der Waals surface area contributed by atoms with Gasteiger partial charge in [0.2, 0.25) is 0 Å². The summed E-state index contributed by atoms with van der Waals surface area (Å²) in [4.78, 5) is 0. The summed E-state index contributed by atoms with van der Waals surface area (Å²) in [6.45, 7) is 9.09. The lowest BCUT2D eigenvalue weighted by Crippen LogP contribution is -2.47. The van der Waals surface area contributed by atoms with E-state index in [9.17, 15) is 0 Å². The molecule has 1 spiro atoms. The van der Waals surface area contributed by atoms with Gasteiger partial charge in [0.1, 0.15) is 0 Å². The molecule has 1 N–H and O–H groups in total. The van der Waals surface area contributed by atoms with E-state index in [0.29, 0.717) is 6.04 Å². The molecule has 0 bridgehead atoms. The van der Waals surface area contributed by atoms with Crippen LogP contribution < -0.4 is 5.32 Å². The molecule has 3 heteroatoms. The van der Waals surface area contributed by atoms with Crippen molar-refractivity contribution >= 4 is 11.8 Å². The quantitative estimate of drug-likeness (QED) is 0.706. The van der Waals surface area contributed by atoms with Gasteiger partial charge in [0, 0.05) is 23.7 Å². The highest BCUT2D eigenvalue weighted by Gasteiger charge is 2.41. The Morgan fingerprint density at radius 3 is 2.71 bits per heavy atom. The molecule has 3 unspecified atom stereocenters. The zero-order valence-corrected chi connectivity index (χ0v) is 15.1. The Hall–Kier alpha value is 0.270. The molecule has 0 amide bonds. The van der Waals surface area contributed by atoms with Crippen LogP contribution >= 0.6 is 11.8 Å². The molecule has 0 aromatic carbocycles. The molecule has 1 aliphatic heterocycles. The molecule has 0 aromatic rings. The van der Waals surface area contributed by atoms with Crippen LogP contribution in [0.1, 0.15) is 72.1 Å². The lowest BCUT2D eigenvalue weighted by molar-refractivity contribution is -0.0967. The molecule has 124 valence electrons. The highest BCUT2D eigenvalue weighted by Crippen LogP contribution is 2.43. The lowest BCUT2D eigenvalue weighted by Gasteiger charge is -2.41. The fourth-order valence-corrected chi connectivity index (χ4v) is 5.02. The van der Waals surface area contributed by atoms with Gasteiger partial charge < -0.3 is 10.1 Å². The Balaban J connectivity index is 1.91. The van der Waals surface area contributed by atoms with Crippen LogP contribution in [-0.4, -0.2) is 35.8 Å². The maximum Gasteiger partial charge on any atom is 0.0685 e. The molecule has 2 nitrogen and oxygen atoms in total. The van der Waals surface area contributed by atoms with Crippen LogP contribution in [0.2, 0.25) is 0 Å². The van der Waals surface area contributed by atoms with Crippen LogP contribution in [0, 0.1) is 5.92 Å². The third kappa shape index (κ3) is 5.14. The summed E-state index contributed by atoms with van der Waals surface area (Å²) in [6, 6.07) is 0.685. The van der Waals surface area contributed by atoms with Crippen LogP contribution in [0.25, 0.3) is 0 Å². The average Bonchev–Trinajstić information content (AvgIpc) is 2.94. The van der Waals surface area contributed by atoms with Crippen LogP contribution in [0.4, 0.5) is 0 Å². The van der Waals surface area contributed by atoms with Crippen molar-refractivity contribution < 1.29 is 4.74 Å². The van der Waals surface area contributed by atoms with Crippen molar-refractivity contribution in [3.63, 3.8) is 0 Å². The van der Waals surface area contributed by atoms with Gasteiger partial charge in [0.25, 0.3) is 0 Å². The fraction of sp³-hybridized carbons (Fsp3) is 1.00. The minimum atomic E-state index is 0.260. The summed E-state index contributed by atoms with van der Waals surface area (Å²) < 4.78 is 6.22. The second-order valence-corrected chi connectivity index (χ2v) is 8.58. The van der Waals surface area contributed by atoms with Crippen LogP contribution in [-0.2, 0) is 4.74 Å². The average molecular weight is 314 g/mol. The van der Waals surface area contributed by atoms with Gasteiger partial charge in [-0.3, -0.25) is 0 Å². The number of thioether (sulfide) groups is 1. The Kier molecular flexibility index (Phi) is 7.37. The SMILES string of the molecule is CCCNC(CSC(C)CC)C1CCOC2(CCCC2)C1. The van der Waals surface area contributed by atoms with E-state index in [2.05, 4.69) is 37.8 Å². The van der Waals surface area contributed by atoms with E-state index in [1.807, 2.05) is 0 Å². The topological polar surface area (TPSA) is 21.3 Å². The van der Waals surface area contributed by atoms with E-state index >= 15 is 0 Å². The van der Waals surface area contributed by atoms with E-state index < -0.39 is 0 Å². The molecule has 21 heavy (non-hydrogen) atoms. The molecule has 0 radical (unpaired) electrons. The van der Waals surface area contributed by atoms with Crippen molar-refractivity contribution in [2.24, 2.45) is 5.92 Å². The summed E-state index contributed by atoms with van der Waals surface area (Å²) in [5, 5.41) is 4.64. The number of rotatable bonds is 8. The molecule has 3 atom stereocenters. The first-order chi connectivity index (χ1) is 10.2. The summed E-state index contributed by atoms with van der Waals surface area (Å²) in [5.41, 5.74) is 0.260. The maximum absolute atomic E-state index is 6.22. The summed E-state index contributed by atoms with van der Waals surface area (Å²) in [7, 11) is 0. The Labute approximate surface area is 136 Å². The van der Waals surface area contributed by atoms with Gasteiger partial charge in [-0.25, -0.2) is 0 Å². The molecule has 1 saturated carbocycles. The summed E-state index contributed by atoms with van der Waals surface area (Å²) in [6.07, 6.45) is 10.4. The van der Waals surface area contributed by atoms with Gasteiger partial charge in [-0.2, -0.15) is 11.8 Å². The molecule has 1 saturated heterocycles. The molecular weight excluding hydrogens is 278 g/mol. The molecule has 2 aliphatic rings. The lowest BCUT2D eigenvalue weighted by atomic mass is 9.81. The Morgan fingerprint density at radius 1 is 1.29 bits per heavy atom. The fourth-order valence-electron chi connectivity index (χ4n) is 3.85. The predicted octanol–water partition coefficient (Wildman–Crippen LogP) is 4.63. The van der Waals surface area contributed by atoms with Crippen molar-refractivity contribution in [2.45, 2.75) is 89.0 Å². The van der Waals surface area contributed by atoms with Gasteiger partial charge in [-0.05, 0) is 51.0 Å². The molecule has 2 fully saturated rings. The molecule has 1 aliphatic carbocycles. The maximum atomic E-state index is 6.22. The minimum absolute atomic E-state index is 0.260. The highest BCUT2D eigenvalue weighted by atomic mass is 32.2. The first-order valence-corrected chi connectivity index (χ1v) is 10.2. The number of nitrogens with one attached hydrogen (secondary N) is 1. The number of ether oxygens (including phenoxy) is 1. The van der Waals surface area contributed by atoms with Gasteiger partial charge >= 0.3 is 0 Å². The van der Waals surface area contributed by atoms with Crippen LogP contribution in [0.15, 0.2) is 0 Å². The van der Waals surface area contributed by atoms with E-state index in [0.717, 1.165) is 24.3 Å². The van der Waals surface area contributed by atoms with Crippen molar-refractivity contribution in [2.75, 3.05) is 18.9 Å². The summed E-state index contributed by atoms with van der Waals surface area (Å²) in [5.74, 6) is 2.09. The normalized spacial score (nSPS) is 27.9. The van der Waals surface area contributed by atoms with Gasteiger partial charge in [0.15, 0.2) is 0 Å². The second kappa shape index (κ2) is 8.79. The first kappa shape index (κ1) is 17.6. The van der Waals surface area contributed by atoms with Crippen molar-refractivity contribution in [1.29, 1.82) is 0 Å². The van der Waals surface area contributed by atoms with E-state index in [1.165, 1.54) is 57.1 Å². The monoisotopic (exact) mass is 313 g/mol. The van der Waals surface area contributed by atoms with Crippen molar-refractivity contribution in [3.8, 4) is 0 Å². The number of hydrogen-bond acceptors (Lipinski definition) is 3. The van der Waals surface area contributed by atoms with E-state index in [-0.39, 0.29) is 5.60 Å².